The fraction of sp³-hybridized carbons (Fsp3) is 0.400. The maximum absolute atomic E-state index is 12.1. The summed E-state index contributed by atoms with van der Waals surface area (Å²) in [5.41, 5.74) is 3.60. The van der Waals surface area contributed by atoms with Gasteiger partial charge in [0.15, 0.2) is 5.69 Å². The van der Waals surface area contributed by atoms with Crippen LogP contribution in [0.3, 0.4) is 0 Å². The Morgan fingerprint density at radius 3 is 2.92 bits per heavy atom. The lowest BCUT2D eigenvalue weighted by molar-refractivity contribution is 0.0518. The highest BCUT2D eigenvalue weighted by atomic mass is 16.5. The molecule has 24 heavy (non-hydrogen) atoms. The van der Waals surface area contributed by atoms with Gasteiger partial charge in [-0.15, -0.1) is 0 Å². The molecule has 2 aliphatic carbocycles. The van der Waals surface area contributed by atoms with Crippen LogP contribution < -0.4 is 0 Å². The second kappa shape index (κ2) is 7.04. The predicted molar refractivity (Wildman–Crippen MR) is 95.5 cm³/mol. The summed E-state index contributed by atoms with van der Waals surface area (Å²) in [5.74, 6) is 1.07. The first kappa shape index (κ1) is 16.5. The molecule has 1 aromatic heterocycles. The Balaban J connectivity index is 1.92. The van der Waals surface area contributed by atoms with E-state index in [0.29, 0.717) is 24.8 Å². The molecule has 4 heteroatoms. The first-order chi connectivity index (χ1) is 11.7. The standard InChI is InChI=1S/C20H24N2O2/c1-4-7-15(5-2)19-12-18(20(23)24-6-3)21-22(19)13-14-8-9-16-11-17(16)10-14/h4-5,7-10,12,16-17H,6,11,13H2,1-3H3/b7-4-,15-5+/t16-,17?/m0/s1. The molecule has 4 nitrogen and oxygen atoms in total. The summed E-state index contributed by atoms with van der Waals surface area (Å²) in [6, 6.07) is 1.82. The van der Waals surface area contributed by atoms with Crippen LogP contribution in [-0.2, 0) is 11.3 Å². The summed E-state index contributed by atoms with van der Waals surface area (Å²) >= 11 is 0. The number of nitrogens with zero attached hydrogens (tertiary/aromatic N) is 2. The molecule has 0 N–H and O–H groups in total. The second-order valence-corrected chi connectivity index (χ2v) is 6.20. The first-order valence-electron chi connectivity index (χ1n) is 8.59. The molecule has 1 fully saturated rings. The van der Waals surface area contributed by atoms with Crippen LogP contribution >= 0.6 is 0 Å². The highest BCUT2D eigenvalue weighted by molar-refractivity contribution is 5.89. The van der Waals surface area contributed by atoms with Gasteiger partial charge in [0.05, 0.1) is 18.8 Å². The molecule has 0 bridgehead atoms. The molecule has 0 aliphatic heterocycles. The highest BCUT2D eigenvalue weighted by Crippen LogP contribution is 2.44. The first-order valence-corrected chi connectivity index (χ1v) is 8.59. The Morgan fingerprint density at radius 1 is 1.42 bits per heavy atom. The van der Waals surface area contributed by atoms with Crippen molar-refractivity contribution in [2.75, 3.05) is 6.61 Å². The molecule has 1 saturated carbocycles. The van der Waals surface area contributed by atoms with E-state index in [4.69, 9.17) is 4.74 Å². The SMILES string of the molecule is C/C=C\C(=C/C)c1cc(C(=O)OCC)nn1CC1=CC2C[C@@H]2C=C1. The zero-order valence-electron chi connectivity index (χ0n) is 14.5. The van der Waals surface area contributed by atoms with Crippen LogP contribution in [0.5, 0.6) is 0 Å². The Labute approximate surface area is 143 Å². The van der Waals surface area contributed by atoms with E-state index >= 15 is 0 Å². The lowest BCUT2D eigenvalue weighted by atomic mass is 10.1. The van der Waals surface area contributed by atoms with Crippen LogP contribution in [0.15, 0.2) is 48.1 Å². The molecule has 0 spiro atoms. The average Bonchev–Trinajstić information content (AvgIpc) is 3.23. The smallest absolute Gasteiger partial charge is 0.358 e. The maximum Gasteiger partial charge on any atom is 0.358 e. The van der Waals surface area contributed by atoms with Gasteiger partial charge in [-0.1, -0.05) is 36.5 Å². The zero-order valence-corrected chi connectivity index (χ0v) is 14.5. The van der Waals surface area contributed by atoms with E-state index in [9.17, 15) is 4.79 Å². The fourth-order valence-electron chi connectivity index (χ4n) is 3.09. The molecule has 1 heterocycles. The van der Waals surface area contributed by atoms with Crippen molar-refractivity contribution in [3.63, 3.8) is 0 Å². The topological polar surface area (TPSA) is 44.1 Å². The van der Waals surface area contributed by atoms with Gasteiger partial charge >= 0.3 is 5.97 Å². The van der Waals surface area contributed by atoms with Crippen molar-refractivity contribution in [3.05, 3.63) is 59.5 Å². The van der Waals surface area contributed by atoms with E-state index in [1.54, 1.807) is 6.92 Å². The minimum Gasteiger partial charge on any atom is -0.461 e. The number of ether oxygens (including phenoxy) is 1. The average molecular weight is 324 g/mol. The Morgan fingerprint density at radius 2 is 2.25 bits per heavy atom. The maximum atomic E-state index is 12.1. The van der Waals surface area contributed by atoms with Crippen molar-refractivity contribution in [2.24, 2.45) is 11.8 Å². The van der Waals surface area contributed by atoms with Crippen molar-refractivity contribution in [2.45, 2.75) is 33.7 Å². The molecule has 0 radical (unpaired) electrons. The summed E-state index contributed by atoms with van der Waals surface area (Å²) in [4.78, 5) is 12.1. The van der Waals surface area contributed by atoms with Gasteiger partial charge in [-0.2, -0.15) is 5.10 Å². The molecule has 0 saturated heterocycles. The molecule has 2 atom stereocenters. The Kier molecular flexibility index (Phi) is 4.84. The minimum atomic E-state index is -0.371. The van der Waals surface area contributed by atoms with Gasteiger partial charge in [0.1, 0.15) is 0 Å². The third-order valence-corrected chi connectivity index (χ3v) is 4.43. The molecular formula is C20H24N2O2. The summed E-state index contributed by atoms with van der Waals surface area (Å²) in [6.07, 6.45) is 14.1. The highest BCUT2D eigenvalue weighted by Gasteiger charge is 2.35. The lowest BCUT2D eigenvalue weighted by Crippen LogP contribution is -2.09. The summed E-state index contributed by atoms with van der Waals surface area (Å²) in [7, 11) is 0. The number of allylic oxidation sites excluding steroid dienone is 8. The van der Waals surface area contributed by atoms with Crippen LogP contribution in [0.4, 0.5) is 0 Å². The second-order valence-electron chi connectivity index (χ2n) is 6.20. The molecule has 1 unspecified atom stereocenters. The van der Waals surface area contributed by atoms with Gasteiger partial charge in [0.2, 0.25) is 0 Å². The summed E-state index contributed by atoms with van der Waals surface area (Å²) < 4.78 is 7.01. The largest absolute Gasteiger partial charge is 0.461 e. The Hall–Kier alpha value is -2.36. The third kappa shape index (κ3) is 3.42. The van der Waals surface area contributed by atoms with Gasteiger partial charge in [0, 0.05) is 0 Å². The normalized spacial score (nSPS) is 22.5. The van der Waals surface area contributed by atoms with Crippen molar-refractivity contribution in [3.8, 4) is 0 Å². The van der Waals surface area contributed by atoms with Crippen LogP contribution in [0.25, 0.3) is 5.57 Å². The number of rotatable bonds is 6. The van der Waals surface area contributed by atoms with Crippen LogP contribution in [-0.4, -0.2) is 22.4 Å². The van der Waals surface area contributed by atoms with Gasteiger partial charge in [-0.05, 0) is 56.2 Å². The van der Waals surface area contributed by atoms with Crippen LogP contribution in [0.1, 0.15) is 43.4 Å². The number of fused-ring (bicyclic) bond motifs is 1. The molecule has 0 aromatic carbocycles. The van der Waals surface area contributed by atoms with Crippen molar-refractivity contribution < 1.29 is 9.53 Å². The zero-order chi connectivity index (χ0) is 17.1. The number of hydrogen-bond acceptors (Lipinski definition) is 3. The number of hydrogen-bond donors (Lipinski definition) is 0. The quantitative estimate of drug-likeness (QED) is 0.582. The van der Waals surface area contributed by atoms with Crippen LogP contribution in [0.2, 0.25) is 0 Å². The van der Waals surface area contributed by atoms with E-state index in [2.05, 4.69) is 23.3 Å². The molecule has 3 rings (SSSR count). The minimum absolute atomic E-state index is 0.351. The molecule has 0 amide bonds. The van der Waals surface area contributed by atoms with Crippen molar-refractivity contribution >= 4 is 11.5 Å². The van der Waals surface area contributed by atoms with Crippen LogP contribution in [0, 0.1) is 11.8 Å². The van der Waals surface area contributed by atoms with Crippen molar-refractivity contribution in [1.82, 2.24) is 9.78 Å². The predicted octanol–water partition coefficient (Wildman–Crippen LogP) is 4.17. The molecular weight excluding hydrogens is 300 g/mol. The number of carbonyl (C=O) groups excluding carboxylic acids is 1. The number of carbonyl (C=O) groups is 1. The van der Waals surface area contributed by atoms with Gasteiger partial charge in [-0.25, -0.2) is 4.79 Å². The molecule has 126 valence electrons. The van der Waals surface area contributed by atoms with E-state index in [1.165, 1.54) is 12.0 Å². The van der Waals surface area contributed by atoms with Crippen molar-refractivity contribution in [1.29, 1.82) is 0 Å². The number of esters is 1. The van der Waals surface area contributed by atoms with E-state index < -0.39 is 0 Å². The van der Waals surface area contributed by atoms with Gasteiger partial charge in [-0.3, -0.25) is 4.68 Å². The lowest BCUT2D eigenvalue weighted by Gasteiger charge is -2.11. The van der Waals surface area contributed by atoms with E-state index in [0.717, 1.165) is 17.2 Å². The molecule has 2 aliphatic rings. The monoisotopic (exact) mass is 324 g/mol. The van der Waals surface area contributed by atoms with E-state index in [1.807, 2.05) is 42.8 Å². The Bertz CT molecular complexity index is 750. The van der Waals surface area contributed by atoms with Gasteiger partial charge in [0.25, 0.3) is 0 Å². The third-order valence-electron chi connectivity index (χ3n) is 4.43. The fourth-order valence-corrected chi connectivity index (χ4v) is 3.09. The summed E-state index contributed by atoms with van der Waals surface area (Å²) in [5, 5.41) is 4.51. The number of aromatic nitrogens is 2. The summed E-state index contributed by atoms with van der Waals surface area (Å²) in [6.45, 7) is 6.80. The van der Waals surface area contributed by atoms with E-state index in [-0.39, 0.29) is 5.97 Å². The van der Waals surface area contributed by atoms with Gasteiger partial charge < -0.3 is 4.74 Å². The molecule has 1 aromatic rings.